The maximum atomic E-state index is 13.7. The van der Waals surface area contributed by atoms with Crippen LogP contribution in [0.5, 0.6) is 0 Å². The lowest BCUT2D eigenvalue weighted by molar-refractivity contribution is -0.165. The number of imide groups is 1. The number of imidazole rings is 1. The minimum Gasteiger partial charge on any atom is -0.443 e. The van der Waals surface area contributed by atoms with Gasteiger partial charge < -0.3 is 28.6 Å². The molecule has 5 aromatic heterocycles. The minimum absolute atomic E-state index is 0.106. The highest BCUT2D eigenvalue weighted by Gasteiger charge is 2.67. The monoisotopic (exact) mass is 741 g/mol. The molecular weight excluding hydrogens is 703 g/mol. The summed E-state index contributed by atoms with van der Waals surface area (Å²) in [7, 11) is 1.55. The van der Waals surface area contributed by atoms with Crippen molar-refractivity contribution < 1.29 is 46.3 Å². The van der Waals surface area contributed by atoms with E-state index in [1.165, 1.54) is 12.5 Å². The van der Waals surface area contributed by atoms with E-state index in [9.17, 15) is 27.6 Å². The summed E-state index contributed by atoms with van der Waals surface area (Å²) in [5, 5.41) is 8.95. The van der Waals surface area contributed by atoms with Gasteiger partial charge in [0.25, 0.3) is 0 Å². The van der Waals surface area contributed by atoms with Gasteiger partial charge in [0.1, 0.15) is 28.6 Å². The molecule has 0 bridgehead atoms. The smallest absolute Gasteiger partial charge is 0.425 e. The average Bonchev–Trinajstić information content (AvgIpc) is 3.34. The van der Waals surface area contributed by atoms with Gasteiger partial charge in [-0.1, -0.05) is 5.16 Å². The summed E-state index contributed by atoms with van der Waals surface area (Å²) in [6, 6.07) is 3.48. The number of nitrogens with zero attached hydrogens (tertiary/aromatic N) is 7. The van der Waals surface area contributed by atoms with Crippen molar-refractivity contribution in [2.75, 3.05) is 29.3 Å². The number of halogens is 3. The van der Waals surface area contributed by atoms with Gasteiger partial charge in [-0.2, -0.15) is 18.1 Å². The highest BCUT2D eigenvalue weighted by atomic mass is 19.4. The molecule has 5 heterocycles. The number of methoxy groups -OCH3 is 1. The molecule has 0 unspecified atom stereocenters. The van der Waals surface area contributed by atoms with Gasteiger partial charge in [-0.15, -0.1) is 0 Å². The second-order valence-electron chi connectivity index (χ2n) is 14.4. The molecule has 0 atom stereocenters. The van der Waals surface area contributed by atoms with Crippen LogP contribution in [0.1, 0.15) is 60.1 Å². The normalized spacial score (nSPS) is 14.3. The summed E-state index contributed by atoms with van der Waals surface area (Å²) < 4.78 is 65.6. The molecule has 0 aliphatic heterocycles. The van der Waals surface area contributed by atoms with Crippen LogP contribution >= 0.6 is 0 Å². The third-order valence-corrected chi connectivity index (χ3v) is 8.12. The van der Waals surface area contributed by atoms with Crippen LogP contribution in [0.15, 0.2) is 47.6 Å². The molecule has 19 heteroatoms. The number of amides is 4. The molecule has 53 heavy (non-hydrogen) atoms. The Bertz CT molecular complexity index is 2160. The molecular formula is C34H38F3N9O7. The molecule has 6 rings (SSSR count). The van der Waals surface area contributed by atoms with Gasteiger partial charge in [-0.3, -0.25) is 9.72 Å². The first-order valence-electron chi connectivity index (χ1n) is 16.5. The Kier molecular flexibility index (Phi) is 9.34. The number of aromatic nitrogens is 6. The molecule has 5 aromatic rings. The number of urea groups is 1. The van der Waals surface area contributed by atoms with Gasteiger partial charge in [-0.05, 0) is 66.5 Å². The maximum Gasteiger partial charge on any atom is 0.425 e. The molecule has 282 valence electrons. The Morgan fingerprint density at radius 2 is 1.64 bits per heavy atom. The standard InChI is InChI=1S/C34H38F3N9O7/c1-31(2,3)51-29(48)46(30(49)52-32(4,5)6)27-24-19(17-44(14-15-50-7)26(24)39-18-40-27)21-9-8-20(25-38-12-13-45(21)25)41-28(47)42-23-16-22(53-43-23)33(10-11-33)34(35,36)37/h8-9,12-13,16-18H,10-11,14-15H2,1-7H3,(H2,41,42,43,47). The van der Waals surface area contributed by atoms with E-state index in [2.05, 4.69) is 30.7 Å². The number of nitrogens with one attached hydrogen (secondary N) is 2. The third-order valence-electron chi connectivity index (χ3n) is 8.12. The van der Waals surface area contributed by atoms with Gasteiger partial charge >= 0.3 is 24.4 Å². The van der Waals surface area contributed by atoms with Crippen LogP contribution in [0.3, 0.4) is 0 Å². The number of anilines is 3. The Hall–Kier alpha value is -5.72. The van der Waals surface area contributed by atoms with Crippen LogP contribution in [-0.4, -0.2) is 78.4 Å². The third kappa shape index (κ3) is 7.46. The zero-order chi connectivity index (χ0) is 38.5. The molecule has 16 nitrogen and oxygen atoms in total. The van der Waals surface area contributed by atoms with Crippen molar-refractivity contribution in [2.24, 2.45) is 0 Å². The topological polar surface area (TPSA) is 180 Å². The van der Waals surface area contributed by atoms with Gasteiger partial charge in [0.05, 0.1) is 23.4 Å². The SMILES string of the molecule is COCCn1cc(-c2ccc(NC(=O)Nc3cc(C4(C(F)(F)F)CC4)on3)c3nccn23)c2c(N(C(=O)OC(C)(C)C)C(=O)OC(C)(C)C)ncnc21. The first-order valence-corrected chi connectivity index (χ1v) is 16.5. The number of alkyl halides is 3. The van der Waals surface area contributed by atoms with E-state index < -0.39 is 41.0 Å². The number of carbonyl (C=O) groups is 3. The molecule has 1 saturated carbocycles. The second-order valence-corrected chi connectivity index (χ2v) is 14.4. The molecule has 0 radical (unpaired) electrons. The predicted molar refractivity (Wildman–Crippen MR) is 185 cm³/mol. The number of ether oxygens (including phenoxy) is 3. The highest BCUT2D eigenvalue weighted by molar-refractivity contribution is 6.16. The van der Waals surface area contributed by atoms with Crippen molar-refractivity contribution in [3.8, 4) is 11.3 Å². The molecule has 1 aliphatic rings. The average molecular weight is 742 g/mol. The number of carbonyl (C=O) groups excluding carboxylic acids is 3. The lowest BCUT2D eigenvalue weighted by Gasteiger charge is -2.28. The molecule has 4 amide bonds. The second kappa shape index (κ2) is 13.4. The van der Waals surface area contributed by atoms with E-state index in [1.807, 2.05) is 0 Å². The van der Waals surface area contributed by atoms with Gasteiger partial charge in [-0.25, -0.2) is 29.3 Å². The zero-order valence-corrected chi connectivity index (χ0v) is 30.0. The first-order chi connectivity index (χ1) is 24.8. The Morgan fingerprint density at radius 3 is 2.25 bits per heavy atom. The number of pyridine rings is 1. The number of hydrogen-bond donors (Lipinski definition) is 2. The highest BCUT2D eigenvalue weighted by Crippen LogP contribution is 2.59. The van der Waals surface area contributed by atoms with E-state index in [0.29, 0.717) is 35.4 Å². The summed E-state index contributed by atoms with van der Waals surface area (Å²) in [4.78, 5) is 54.4. The van der Waals surface area contributed by atoms with Crippen molar-refractivity contribution in [3.05, 3.63) is 48.9 Å². The predicted octanol–water partition coefficient (Wildman–Crippen LogP) is 7.29. The van der Waals surface area contributed by atoms with E-state index in [4.69, 9.17) is 18.7 Å². The van der Waals surface area contributed by atoms with Gasteiger partial charge in [0.2, 0.25) is 0 Å². The van der Waals surface area contributed by atoms with Gasteiger partial charge in [0, 0.05) is 43.9 Å². The molecule has 0 aromatic carbocycles. The lowest BCUT2D eigenvalue weighted by Crippen LogP contribution is -2.44. The van der Waals surface area contributed by atoms with Crippen molar-refractivity contribution in [3.63, 3.8) is 0 Å². The van der Waals surface area contributed by atoms with Crippen molar-refractivity contribution in [2.45, 2.75) is 83.7 Å². The number of rotatable bonds is 8. The molecule has 2 N–H and O–H groups in total. The summed E-state index contributed by atoms with van der Waals surface area (Å²) in [6.07, 6.45) is -0.701. The van der Waals surface area contributed by atoms with E-state index in [0.717, 1.165) is 11.0 Å². The van der Waals surface area contributed by atoms with Crippen molar-refractivity contribution in [1.82, 2.24) is 29.1 Å². The Balaban J connectivity index is 1.40. The van der Waals surface area contributed by atoms with Crippen LogP contribution in [-0.2, 0) is 26.2 Å². The largest absolute Gasteiger partial charge is 0.443 e. The van der Waals surface area contributed by atoms with Crippen LogP contribution in [0.25, 0.3) is 27.9 Å². The van der Waals surface area contributed by atoms with E-state index in [-0.39, 0.29) is 41.6 Å². The molecule has 0 saturated heterocycles. The quantitative estimate of drug-likeness (QED) is 0.163. The van der Waals surface area contributed by atoms with Crippen LogP contribution in [0, 0.1) is 0 Å². The number of hydrogen-bond acceptors (Lipinski definition) is 11. The Labute approximate surface area is 300 Å². The summed E-state index contributed by atoms with van der Waals surface area (Å²) in [6.45, 7) is 10.6. The van der Waals surface area contributed by atoms with Crippen LogP contribution < -0.4 is 15.5 Å². The van der Waals surface area contributed by atoms with E-state index >= 15 is 0 Å². The van der Waals surface area contributed by atoms with Crippen molar-refractivity contribution in [1.29, 1.82) is 0 Å². The minimum atomic E-state index is -4.51. The van der Waals surface area contributed by atoms with Crippen LogP contribution in [0.4, 0.5) is 44.9 Å². The molecule has 1 fully saturated rings. The molecule has 1 aliphatic carbocycles. The zero-order valence-electron chi connectivity index (χ0n) is 30.0. The fraction of sp³-hybridized carbons (Fsp3) is 0.441. The summed E-state index contributed by atoms with van der Waals surface area (Å²) >= 11 is 0. The maximum absolute atomic E-state index is 13.7. The van der Waals surface area contributed by atoms with Crippen LogP contribution in [0.2, 0.25) is 0 Å². The lowest BCUT2D eigenvalue weighted by atomic mass is 10.0. The Morgan fingerprint density at radius 1 is 0.962 bits per heavy atom. The van der Waals surface area contributed by atoms with E-state index in [1.54, 1.807) is 82.1 Å². The summed E-state index contributed by atoms with van der Waals surface area (Å²) in [5.74, 6) is -0.671. The van der Waals surface area contributed by atoms with Gasteiger partial charge in [0.15, 0.2) is 23.0 Å². The summed E-state index contributed by atoms with van der Waals surface area (Å²) in [5.41, 5.74) is -2.21. The first kappa shape index (κ1) is 37.1. The molecule has 0 spiro atoms. The fourth-order valence-electron chi connectivity index (χ4n) is 5.65. The fourth-order valence-corrected chi connectivity index (χ4v) is 5.65. The number of fused-ring (bicyclic) bond motifs is 2. The van der Waals surface area contributed by atoms with Crippen molar-refractivity contribution >= 4 is 52.2 Å².